The monoisotopic (exact) mass is 237 g/mol. The van der Waals surface area contributed by atoms with Gasteiger partial charge in [0.05, 0.1) is 5.69 Å². The summed E-state index contributed by atoms with van der Waals surface area (Å²) in [5.41, 5.74) is 7.15. The molecule has 0 saturated carbocycles. The van der Waals surface area contributed by atoms with Gasteiger partial charge in [0.1, 0.15) is 0 Å². The van der Waals surface area contributed by atoms with Gasteiger partial charge < -0.3 is 10.6 Å². The van der Waals surface area contributed by atoms with E-state index in [2.05, 4.69) is 39.6 Å². The lowest BCUT2D eigenvalue weighted by atomic mass is 10.1. The molecule has 0 aliphatic carbocycles. The second-order valence-corrected chi connectivity index (χ2v) is 4.76. The largest absolute Gasteiger partial charge is 0.329 e. The van der Waals surface area contributed by atoms with Crippen LogP contribution in [0.1, 0.15) is 12.6 Å². The van der Waals surface area contributed by atoms with Crippen LogP contribution in [-0.4, -0.2) is 58.8 Å². The van der Waals surface area contributed by atoms with Crippen LogP contribution in [0.5, 0.6) is 0 Å². The first-order valence-electron chi connectivity index (χ1n) is 6.38. The minimum absolute atomic E-state index is 0.467. The number of aryl methyl sites for hydroxylation is 1. The molecule has 1 aliphatic heterocycles. The molecule has 2 heterocycles. The van der Waals surface area contributed by atoms with Gasteiger partial charge in [-0.15, -0.1) is 0 Å². The van der Waals surface area contributed by atoms with Crippen molar-refractivity contribution in [3.8, 4) is 0 Å². The Morgan fingerprint density at radius 1 is 1.47 bits per heavy atom. The maximum atomic E-state index is 5.86. The number of nitrogens with zero attached hydrogens (tertiary/aromatic N) is 4. The second-order valence-electron chi connectivity index (χ2n) is 4.76. The lowest BCUT2D eigenvalue weighted by molar-refractivity contribution is 0.0857. The molecule has 96 valence electrons. The van der Waals surface area contributed by atoms with Gasteiger partial charge in [0.15, 0.2) is 0 Å². The van der Waals surface area contributed by atoms with Crippen molar-refractivity contribution < 1.29 is 0 Å². The van der Waals surface area contributed by atoms with E-state index in [1.807, 2.05) is 6.20 Å². The van der Waals surface area contributed by atoms with Crippen molar-refractivity contribution >= 4 is 0 Å². The fourth-order valence-corrected chi connectivity index (χ4v) is 2.47. The Hall–Kier alpha value is -0.910. The standard InChI is InChI=1S/C12H23N5/c1-3-17-11(4-5-14-17)10-16-7-6-15(2)9-12(16)8-13/h4-5,12H,3,6-10,13H2,1-2H3. The quantitative estimate of drug-likeness (QED) is 0.799. The minimum atomic E-state index is 0.467. The molecule has 1 unspecified atom stereocenters. The highest BCUT2D eigenvalue weighted by Crippen LogP contribution is 2.12. The van der Waals surface area contributed by atoms with Crippen LogP contribution in [0.3, 0.4) is 0 Å². The highest BCUT2D eigenvalue weighted by atomic mass is 15.3. The number of nitrogens with two attached hydrogens (primary N) is 1. The summed E-state index contributed by atoms with van der Waals surface area (Å²) in [5.74, 6) is 0. The molecular weight excluding hydrogens is 214 g/mol. The fourth-order valence-electron chi connectivity index (χ4n) is 2.47. The molecule has 1 atom stereocenters. The van der Waals surface area contributed by atoms with E-state index in [1.165, 1.54) is 5.69 Å². The van der Waals surface area contributed by atoms with E-state index >= 15 is 0 Å². The molecule has 0 bridgehead atoms. The van der Waals surface area contributed by atoms with Crippen molar-refractivity contribution in [2.24, 2.45) is 5.73 Å². The highest BCUT2D eigenvalue weighted by molar-refractivity contribution is 5.01. The van der Waals surface area contributed by atoms with Gasteiger partial charge >= 0.3 is 0 Å². The first kappa shape index (κ1) is 12.5. The van der Waals surface area contributed by atoms with Gasteiger partial charge in [0, 0.05) is 51.5 Å². The van der Waals surface area contributed by atoms with Crippen LogP contribution >= 0.6 is 0 Å². The van der Waals surface area contributed by atoms with Crippen molar-refractivity contribution in [1.82, 2.24) is 19.6 Å². The molecule has 1 fully saturated rings. The summed E-state index contributed by atoms with van der Waals surface area (Å²) in [6.45, 7) is 8.03. The first-order valence-corrected chi connectivity index (χ1v) is 6.38. The van der Waals surface area contributed by atoms with Gasteiger partial charge in [-0.2, -0.15) is 5.10 Å². The molecule has 0 radical (unpaired) electrons. The molecule has 1 saturated heterocycles. The zero-order chi connectivity index (χ0) is 12.3. The van der Waals surface area contributed by atoms with Crippen LogP contribution < -0.4 is 5.73 Å². The molecule has 5 heteroatoms. The van der Waals surface area contributed by atoms with Crippen molar-refractivity contribution in [1.29, 1.82) is 0 Å². The number of hydrogen-bond donors (Lipinski definition) is 1. The Kier molecular flexibility index (Phi) is 4.15. The third-order valence-electron chi connectivity index (χ3n) is 3.55. The topological polar surface area (TPSA) is 50.3 Å². The summed E-state index contributed by atoms with van der Waals surface area (Å²) in [4.78, 5) is 4.83. The summed E-state index contributed by atoms with van der Waals surface area (Å²) in [6, 6.07) is 2.57. The van der Waals surface area contributed by atoms with Crippen molar-refractivity contribution in [3.63, 3.8) is 0 Å². The van der Waals surface area contributed by atoms with Crippen LogP contribution in [0.15, 0.2) is 12.3 Å². The van der Waals surface area contributed by atoms with E-state index in [-0.39, 0.29) is 0 Å². The van der Waals surface area contributed by atoms with E-state index in [9.17, 15) is 0 Å². The maximum absolute atomic E-state index is 5.86. The van der Waals surface area contributed by atoms with Gasteiger partial charge in [0.2, 0.25) is 0 Å². The fraction of sp³-hybridized carbons (Fsp3) is 0.750. The molecule has 0 aromatic carbocycles. The molecule has 17 heavy (non-hydrogen) atoms. The Balaban J connectivity index is 2.02. The van der Waals surface area contributed by atoms with Crippen molar-refractivity contribution in [3.05, 3.63) is 18.0 Å². The Morgan fingerprint density at radius 3 is 3.00 bits per heavy atom. The summed E-state index contributed by atoms with van der Waals surface area (Å²) < 4.78 is 2.06. The number of rotatable bonds is 4. The SMILES string of the molecule is CCn1nccc1CN1CCN(C)CC1CN. The van der Waals surface area contributed by atoms with Crippen LogP contribution in [0.4, 0.5) is 0 Å². The van der Waals surface area contributed by atoms with Gasteiger partial charge in [-0.1, -0.05) is 0 Å². The predicted molar refractivity (Wildman–Crippen MR) is 68.7 cm³/mol. The van der Waals surface area contributed by atoms with Crippen molar-refractivity contribution in [2.75, 3.05) is 33.2 Å². The molecule has 5 nitrogen and oxygen atoms in total. The molecule has 2 rings (SSSR count). The number of likely N-dealkylation sites (N-methyl/N-ethyl adjacent to an activating group) is 1. The van der Waals surface area contributed by atoms with E-state index in [0.29, 0.717) is 6.04 Å². The second kappa shape index (κ2) is 5.62. The molecule has 2 N–H and O–H groups in total. The van der Waals surface area contributed by atoms with Gasteiger partial charge in [-0.3, -0.25) is 9.58 Å². The van der Waals surface area contributed by atoms with E-state index in [1.54, 1.807) is 0 Å². The zero-order valence-electron chi connectivity index (χ0n) is 10.8. The maximum Gasteiger partial charge on any atom is 0.0524 e. The Morgan fingerprint density at radius 2 is 2.29 bits per heavy atom. The first-order chi connectivity index (χ1) is 8.24. The average Bonchev–Trinajstić information content (AvgIpc) is 2.78. The van der Waals surface area contributed by atoms with Crippen molar-refractivity contribution in [2.45, 2.75) is 26.1 Å². The predicted octanol–water partition coefficient (Wildman–Crippen LogP) is -0.0223. The number of aromatic nitrogens is 2. The molecule has 0 spiro atoms. The Bertz CT molecular complexity index is 348. The van der Waals surface area contributed by atoms with Gasteiger partial charge in [0.25, 0.3) is 0 Å². The molecule has 1 aromatic heterocycles. The van der Waals surface area contributed by atoms with Crippen LogP contribution in [0.2, 0.25) is 0 Å². The Labute approximate surface area is 103 Å². The van der Waals surface area contributed by atoms with Crippen LogP contribution in [0.25, 0.3) is 0 Å². The van der Waals surface area contributed by atoms with Crippen LogP contribution in [0, 0.1) is 0 Å². The molecule has 1 aromatic rings. The lowest BCUT2D eigenvalue weighted by Gasteiger charge is -2.39. The van der Waals surface area contributed by atoms with Gasteiger partial charge in [-0.25, -0.2) is 0 Å². The third-order valence-corrected chi connectivity index (χ3v) is 3.55. The lowest BCUT2D eigenvalue weighted by Crippen LogP contribution is -2.54. The molecular formula is C12H23N5. The molecule has 1 aliphatic rings. The summed E-state index contributed by atoms with van der Waals surface area (Å²) in [5, 5.41) is 4.31. The van der Waals surface area contributed by atoms with Crippen LogP contribution in [-0.2, 0) is 13.1 Å². The minimum Gasteiger partial charge on any atom is -0.329 e. The average molecular weight is 237 g/mol. The van der Waals surface area contributed by atoms with E-state index in [4.69, 9.17) is 5.73 Å². The normalized spacial score (nSPS) is 23.1. The summed E-state index contributed by atoms with van der Waals surface area (Å²) >= 11 is 0. The smallest absolute Gasteiger partial charge is 0.0524 e. The third kappa shape index (κ3) is 2.86. The summed E-state index contributed by atoms with van der Waals surface area (Å²) in [7, 11) is 2.16. The van der Waals surface area contributed by atoms with E-state index < -0.39 is 0 Å². The molecule has 0 amide bonds. The number of hydrogen-bond acceptors (Lipinski definition) is 4. The highest BCUT2D eigenvalue weighted by Gasteiger charge is 2.24. The number of piperazine rings is 1. The zero-order valence-corrected chi connectivity index (χ0v) is 10.8. The van der Waals surface area contributed by atoms with E-state index in [0.717, 1.165) is 39.3 Å². The van der Waals surface area contributed by atoms with Gasteiger partial charge in [-0.05, 0) is 20.0 Å². The summed E-state index contributed by atoms with van der Waals surface area (Å²) in [6.07, 6.45) is 1.88.